The maximum atomic E-state index is 12.4. The Kier molecular flexibility index (Phi) is 7.87. The number of methoxy groups -OCH3 is 1. The van der Waals surface area contributed by atoms with Crippen LogP contribution < -0.4 is 9.47 Å². The first-order chi connectivity index (χ1) is 20.0. The van der Waals surface area contributed by atoms with Gasteiger partial charge < -0.3 is 19.4 Å². The van der Waals surface area contributed by atoms with E-state index in [1.165, 1.54) is 5.56 Å². The molecular weight excluding hydrogens is 516 g/mol. The Morgan fingerprint density at radius 1 is 1.07 bits per heavy atom. The van der Waals surface area contributed by atoms with Crippen molar-refractivity contribution in [3.63, 3.8) is 0 Å². The fourth-order valence-corrected chi connectivity index (χ4v) is 5.43. The Balaban J connectivity index is 1.20. The number of rotatable bonds is 10. The minimum Gasteiger partial charge on any atom is -0.494 e. The second kappa shape index (κ2) is 11.9. The zero-order valence-corrected chi connectivity index (χ0v) is 24.1. The number of hydrogen-bond acceptors (Lipinski definition) is 7. The summed E-state index contributed by atoms with van der Waals surface area (Å²) in [6.45, 7) is 9.15. The summed E-state index contributed by atoms with van der Waals surface area (Å²) in [4.78, 5) is 34.2. The number of H-pyrrole nitrogens is 1. The second-order valence-corrected chi connectivity index (χ2v) is 11.5. The van der Waals surface area contributed by atoms with E-state index in [-0.39, 0.29) is 0 Å². The van der Waals surface area contributed by atoms with Crippen LogP contribution in [0.25, 0.3) is 22.2 Å². The van der Waals surface area contributed by atoms with E-state index in [0.29, 0.717) is 36.5 Å². The molecule has 1 aliphatic carbocycles. The highest BCUT2D eigenvalue weighted by molar-refractivity contribution is 5.92. The summed E-state index contributed by atoms with van der Waals surface area (Å²) in [6, 6.07) is 10.3. The number of aromatic amines is 1. The van der Waals surface area contributed by atoms with Crippen LogP contribution in [0, 0.1) is 11.8 Å². The SMILES string of the molecule is COc1cnccc1-c1ccc2[nH]c(Cc3cc(CN4CCN(C(=O)C5CC5)CC4)ccn3)nc2c1OCC(C)C. The molecule has 1 saturated carbocycles. The molecule has 1 saturated heterocycles. The van der Waals surface area contributed by atoms with Crippen LogP contribution in [0.15, 0.2) is 48.9 Å². The molecule has 214 valence electrons. The van der Waals surface area contributed by atoms with Gasteiger partial charge in [0.15, 0.2) is 5.75 Å². The van der Waals surface area contributed by atoms with Crippen molar-refractivity contribution in [2.24, 2.45) is 11.8 Å². The average Bonchev–Trinajstić information content (AvgIpc) is 3.75. The molecule has 1 amide bonds. The largest absolute Gasteiger partial charge is 0.494 e. The molecule has 3 aromatic heterocycles. The summed E-state index contributed by atoms with van der Waals surface area (Å²) >= 11 is 0. The molecule has 0 bridgehead atoms. The number of imidazole rings is 1. The van der Waals surface area contributed by atoms with Crippen molar-refractivity contribution in [1.29, 1.82) is 0 Å². The van der Waals surface area contributed by atoms with Crippen LogP contribution in [0.5, 0.6) is 11.5 Å². The summed E-state index contributed by atoms with van der Waals surface area (Å²) in [5.74, 6) is 3.28. The molecule has 6 rings (SSSR count). The zero-order chi connectivity index (χ0) is 28.3. The van der Waals surface area contributed by atoms with Crippen molar-refractivity contribution in [3.8, 4) is 22.6 Å². The van der Waals surface area contributed by atoms with Gasteiger partial charge in [-0.1, -0.05) is 13.8 Å². The molecule has 0 atom stereocenters. The fraction of sp³-hybridized carbons (Fsp3) is 0.438. The first-order valence-corrected chi connectivity index (χ1v) is 14.6. The summed E-state index contributed by atoms with van der Waals surface area (Å²) in [5.41, 5.74) is 5.75. The van der Waals surface area contributed by atoms with Gasteiger partial charge in [-0.2, -0.15) is 0 Å². The summed E-state index contributed by atoms with van der Waals surface area (Å²) in [6.07, 6.45) is 8.08. The normalized spacial score (nSPS) is 16.0. The van der Waals surface area contributed by atoms with Gasteiger partial charge in [-0.25, -0.2) is 4.98 Å². The van der Waals surface area contributed by atoms with Gasteiger partial charge in [0.1, 0.15) is 17.1 Å². The first kappa shape index (κ1) is 27.2. The highest BCUT2D eigenvalue weighted by Gasteiger charge is 2.34. The lowest BCUT2D eigenvalue weighted by Crippen LogP contribution is -2.48. The molecular formula is C32H38N6O3. The van der Waals surface area contributed by atoms with Crippen LogP contribution in [0.2, 0.25) is 0 Å². The summed E-state index contributed by atoms with van der Waals surface area (Å²) < 4.78 is 12.0. The van der Waals surface area contributed by atoms with Gasteiger partial charge in [-0.05, 0) is 54.7 Å². The van der Waals surface area contributed by atoms with E-state index in [9.17, 15) is 4.79 Å². The van der Waals surface area contributed by atoms with Crippen LogP contribution in [-0.4, -0.2) is 75.5 Å². The Bertz CT molecular complexity index is 1520. The summed E-state index contributed by atoms with van der Waals surface area (Å²) in [7, 11) is 1.65. The van der Waals surface area contributed by atoms with E-state index in [1.54, 1.807) is 19.5 Å². The number of amides is 1. The minimum atomic E-state index is 0.297. The van der Waals surface area contributed by atoms with Gasteiger partial charge in [0, 0.05) is 74.3 Å². The molecule has 1 aliphatic heterocycles. The van der Waals surface area contributed by atoms with Crippen LogP contribution in [0.4, 0.5) is 0 Å². The molecule has 9 heteroatoms. The van der Waals surface area contributed by atoms with E-state index in [0.717, 1.165) is 85.0 Å². The van der Waals surface area contributed by atoms with Gasteiger partial charge in [0.25, 0.3) is 0 Å². The quantitative estimate of drug-likeness (QED) is 0.303. The topological polar surface area (TPSA) is 96.5 Å². The number of pyridine rings is 2. The van der Waals surface area contributed by atoms with E-state index in [2.05, 4.69) is 51.9 Å². The van der Waals surface area contributed by atoms with Gasteiger partial charge >= 0.3 is 0 Å². The number of piperazine rings is 1. The van der Waals surface area contributed by atoms with Gasteiger partial charge in [-0.3, -0.25) is 19.7 Å². The molecule has 0 unspecified atom stereocenters. The Morgan fingerprint density at radius 2 is 1.90 bits per heavy atom. The standard InChI is InChI=1S/C32H38N6O3/c1-21(2)20-41-31-26(25-9-10-33-18-28(25)40-3)6-7-27-30(31)36-29(35-27)17-24-16-22(8-11-34-24)19-37-12-14-38(15-13-37)32(39)23-4-5-23/h6-11,16,18,21,23H,4-5,12-15,17,19-20H2,1-3H3,(H,35,36). The molecule has 1 N–H and O–H groups in total. The predicted molar refractivity (Wildman–Crippen MR) is 158 cm³/mol. The highest BCUT2D eigenvalue weighted by Crippen LogP contribution is 2.40. The molecule has 0 spiro atoms. The molecule has 4 aromatic rings. The van der Waals surface area contributed by atoms with Crippen molar-refractivity contribution in [2.75, 3.05) is 39.9 Å². The molecule has 4 heterocycles. The number of carbonyl (C=O) groups is 1. The van der Waals surface area contributed by atoms with E-state index in [4.69, 9.17) is 14.5 Å². The van der Waals surface area contributed by atoms with Crippen molar-refractivity contribution in [2.45, 2.75) is 39.7 Å². The number of hydrogen-bond donors (Lipinski definition) is 1. The maximum Gasteiger partial charge on any atom is 0.225 e. The van der Waals surface area contributed by atoms with Crippen molar-refractivity contribution in [1.82, 2.24) is 29.7 Å². The molecule has 0 radical (unpaired) electrons. The zero-order valence-electron chi connectivity index (χ0n) is 24.1. The molecule has 9 nitrogen and oxygen atoms in total. The first-order valence-electron chi connectivity index (χ1n) is 14.6. The Morgan fingerprint density at radius 3 is 2.66 bits per heavy atom. The van der Waals surface area contributed by atoms with Crippen molar-refractivity contribution in [3.05, 3.63) is 66.0 Å². The molecule has 2 aliphatic rings. The Hall–Kier alpha value is -3.98. The number of aromatic nitrogens is 4. The molecule has 41 heavy (non-hydrogen) atoms. The monoisotopic (exact) mass is 554 g/mol. The van der Waals surface area contributed by atoms with Crippen LogP contribution in [0.1, 0.15) is 43.8 Å². The van der Waals surface area contributed by atoms with Crippen LogP contribution in [-0.2, 0) is 17.8 Å². The van der Waals surface area contributed by atoms with Gasteiger partial charge in [0.05, 0.1) is 25.4 Å². The van der Waals surface area contributed by atoms with Crippen molar-refractivity contribution < 1.29 is 14.3 Å². The smallest absolute Gasteiger partial charge is 0.225 e. The third-order valence-corrected chi connectivity index (χ3v) is 7.76. The fourth-order valence-electron chi connectivity index (χ4n) is 5.43. The minimum absolute atomic E-state index is 0.297. The van der Waals surface area contributed by atoms with Gasteiger partial charge in [-0.15, -0.1) is 0 Å². The third kappa shape index (κ3) is 6.20. The van der Waals surface area contributed by atoms with Crippen LogP contribution >= 0.6 is 0 Å². The number of fused-ring (bicyclic) bond motifs is 1. The average molecular weight is 555 g/mol. The third-order valence-electron chi connectivity index (χ3n) is 7.76. The molecule has 2 fully saturated rings. The number of nitrogens with zero attached hydrogens (tertiary/aromatic N) is 5. The Labute approximate surface area is 240 Å². The maximum absolute atomic E-state index is 12.4. The lowest BCUT2D eigenvalue weighted by atomic mass is 10.0. The lowest BCUT2D eigenvalue weighted by molar-refractivity contribution is -0.134. The van der Waals surface area contributed by atoms with Crippen LogP contribution in [0.3, 0.4) is 0 Å². The van der Waals surface area contributed by atoms with E-state index in [1.807, 2.05) is 23.2 Å². The van der Waals surface area contributed by atoms with Gasteiger partial charge in [0.2, 0.25) is 5.91 Å². The second-order valence-electron chi connectivity index (χ2n) is 11.5. The molecule has 1 aromatic carbocycles. The van der Waals surface area contributed by atoms with E-state index < -0.39 is 0 Å². The summed E-state index contributed by atoms with van der Waals surface area (Å²) in [5, 5.41) is 0. The number of ether oxygens (including phenoxy) is 2. The predicted octanol–water partition coefficient (Wildman–Crippen LogP) is 4.71. The highest BCUT2D eigenvalue weighted by atomic mass is 16.5. The number of benzene rings is 1. The lowest BCUT2D eigenvalue weighted by Gasteiger charge is -2.35. The van der Waals surface area contributed by atoms with E-state index >= 15 is 0 Å². The number of nitrogens with one attached hydrogen (secondary N) is 1. The van der Waals surface area contributed by atoms with Crippen molar-refractivity contribution >= 4 is 16.9 Å². The number of carbonyl (C=O) groups excluding carboxylic acids is 1.